The van der Waals surface area contributed by atoms with Crippen LogP contribution in [-0.4, -0.2) is 54.2 Å². The molecule has 0 N–H and O–H groups in total. The van der Waals surface area contributed by atoms with Crippen LogP contribution in [0, 0.1) is 23.0 Å². The lowest BCUT2D eigenvalue weighted by Crippen LogP contribution is -2.55. The lowest BCUT2D eigenvalue weighted by Gasteiger charge is -2.40. The van der Waals surface area contributed by atoms with E-state index in [0.717, 1.165) is 30.5 Å². The molecule has 1 aromatic carbocycles. The van der Waals surface area contributed by atoms with Crippen molar-refractivity contribution in [2.24, 2.45) is 0 Å². The minimum Gasteiger partial charge on any atom is -0.377 e. The van der Waals surface area contributed by atoms with Gasteiger partial charge in [0.25, 0.3) is 0 Å². The number of piperidine rings is 1. The average molecular weight is 373 g/mol. The van der Waals surface area contributed by atoms with Crippen LogP contribution in [0.5, 0.6) is 0 Å². The topological polar surface area (TPSA) is 56.6 Å². The summed E-state index contributed by atoms with van der Waals surface area (Å²) in [5.74, 6) is -1.40. The van der Waals surface area contributed by atoms with Gasteiger partial charge in [-0.2, -0.15) is 5.26 Å². The van der Waals surface area contributed by atoms with Crippen LogP contribution in [0.15, 0.2) is 23.8 Å². The molecule has 0 aromatic heterocycles. The van der Waals surface area contributed by atoms with Gasteiger partial charge in [-0.15, -0.1) is 0 Å². The maximum atomic E-state index is 14.1. The van der Waals surface area contributed by atoms with Crippen LogP contribution in [0.4, 0.5) is 13.6 Å². The molecule has 142 valence electrons. The zero-order chi connectivity index (χ0) is 19.0. The van der Waals surface area contributed by atoms with Crippen LogP contribution in [0.3, 0.4) is 0 Å². The van der Waals surface area contributed by atoms with Gasteiger partial charge < -0.3 is 14.5 Å². The first-order valence-electron chi connectivity index (χ1n) is 9.31. The number of carbonyl (C=O) groups excluding carboxylic acids is 1. The number of hydrogen-bond donors (Lipinski definition) is 0. The minimum absolute atomic E-state index is 0.0383. The number of allylic oxidation sites excluding steroid dienone is 1. The smallest absolute Gasteiger partial charge is 0.320 e. The molecule has 0 aliphatic carbocycles. The Kier molecular flexibility index (Phi) is 4.83. The summed E-state index contributed by atoms with van der Waals surface area (Å²) >= 11 is 0. The first-order valence-corrected chi connectivity index (χ1v) is 9.31. The van der Waals surface area contributed by atoms with Crippen molar-refractivity contribution >= 4 is 11.6 Å². The molecule has 4 rings (SSSR count). The number of amides is 2. The van der Waals surface area contributed by atoms with E-state index in [-0.39, 0.29) is 29.3 Å². The number of likely N-dealkylation sites (tertiary alicyclic amines) is 1. The molecule has 27 heavy (non-hydrogen) atoms. The summed E-state index contributed by atoms with van der Waals surface area (Å²) in [5.41, 5.74) is 1.20. The Hall–Kier alpha value is -2.46. The van der Waals surface area contributed by atoms with Crippen molar-refractivity contribution in [3.8, 4) is 6.07 Å². The maximum absolute atomic E-state index is 14.1. The largest absolute Gasteiger partial charge is 0.377 e. The Labute approximate surface area is 156 Å². The molecule has 1 aromatic rings. The number of nitriles is 1. The second-order valence-corrected chi connectivity index (χ2v) is 7.31. The SMILES string of the molecule is N#CC(=C1CCN(C(=O)N2C3CCC2COC3)CC1)c1ccc(F)cc1F. The molecule has 3 heterocycles. The molecule has 3 fully saturated rings. The molecule has 3 saturated heterocycles. The Morgan fingerprint density at radius 2 is 1.81 bits per heavy atom. The third kappa shape index (κ3) is 3.30. The molecule has 7 heteroatoms. The molecule has 0 radical (unpaired) electrons. The molecule has 3 aliphatic rings. The quantitative estimate of drug-likeness (QED) is 0.710. The number of ether oxygens (including phenoxy) is 1. The average Bonchev–Trinajstić information content (AvgIpc) is 2.92. The van der Waals surface area contributed by atoms with Crippen molar-refractivity contribution in [3.05, 3.63) is 41.0 Å². The number of nitrogens with zero attached hydrogens (tertiary/aromatic N) is 3. The third-order valence-corrected chi connectivity index (χ3v) is 5.76. The van der Waals surface area contributed by atoms with E-state index in [1.807, 2.05) is 9.80 Å². The minimum atomic E-state index is -0.734. The Bertz CT molecular complexity index is 807. The van der Waals surface area contributed by atoms with Gasteiger partial charge in [-0.1, -0.05) is 0 Å². The first kappa shape index (κ1) is 17.9. The van der Waals surface area contributed by atoms with Crippen molar-refractivity contribution in [2.45, 2.75) is 37.8 Å². The molecular weight excluding hydrogens is 352 g/mol. The van der Waals surface area contributed by atoms with Crippen molar-refractivity contribution in [1.82, 2.24) is 9.80 Å². The second-order valence-electron chi connectivity index (χ2n) is 7.31. The van der Waals surface area contributed by atoms with E-state index in [1.54, 1.807) is 0 Å². The first-order chi connectivity index (χ1) is 13.1. The van der Waals surface area contributed by atoms with E-state index in [0.29, 0.717) is 39.1 Å². The molecule has 2 amide bonds. The molecule has 0 spiro atoms. The van der Waals surface area contributed by atoms with E-state index in [1.165, 1.54) is 6.07 Å². The predicted molar refractivity (Wildman–Crippen MR) is 94.6 cm³/mol. The van der Waals surface area contributed by atoms with Gasteiger partial charge in [0.2, 0.25) is 0 Å². The molecule has 5 nitrogen and oxygen atoms in total. The van der Waals surface area contributed by atoms with Crippen LogP contribution in [0.1, 0.15) is 31.2 Å². The number of fused-ring (bicyclic) bond motifs is 2. The third-order valence-electron chi connectivity index (χ3n) is 5.76. The Balaban J connectivity index is 1.48. The summed E-state index contributed by atoms with van der Waals surface area (Å²) in [6.07, 6.45) is 3.01. The van der Waals surface area contributed by atoms with E-state index in [4.69, 9.17) is 4.74 Å². The molecule has 0 saturated carbocycles. The van der Waals surface area contributed by atoms with Crippen LogP contribution >= 0.6 is 0 Å². The number of urea groups is 1. The number of benzene rings is 1. The summed E-state index contributed by atoms with van der Waals surface area (Å²) in [4.78, 5) is 16.7. The fourth-order valence-electron chi connectivity index (χ4n) is 4.34. The van der Waals surface area contributed by atoms with Gasteiger partial charge in [-0.3, -0.25) is 0 Å². The Morgan fingerprint density at radius 3 is 2.41 bits per heavy atom. The highest BCUT2D eigenvalue weighted by atomic mass is 19.1. The zero-order valence-corrected chi connectivity index (χ0v) is 15.0. The summed E-state index contributed by atoms with van der Waals surface area (Å²) < 4.78 is 32.8. The zero-order valence-electron chi connectivity index (χ0n) is 15.0. The molecule has 2 bridgehead atoms. The number of hydrogen-bond acceptors (Lipinski definition) is 3. The van der Waals surface area contributed by atoms with Crippen molar-refractivity contribution < 1.29 is 18.3 Å². The highest BCUT2D eigenvalue weighted by Gasteiger charge is 2.42. The summed E-state index contributed by atoms with van der Waals surface area (Å²) in [5, 5.41) is 9.51. The van der Waals surface area contributed by atoms with Gasteiger partial charge in [0.1, 0.15) is 11.6 Å². The standard InChI is InChI=1S/C20H21F2N3O2/c21-14-1-4-17(19(22)9-14)18(10-23)13-5-7-24(8-6-13)20(26)25-15-2-3-16(25)12-27-11-15/h1,4,9,15-16H,2-3,5-8,11-12H2. The van der Waals surface area contributed by atoms with Crippen LogP contribution < -0.4 is 0 Å². The van der Waals surface area contributed by atoms with Crippen LogP contribution in [0.2, 0.25) is 0 Å². The summed E-state index contributed by atoms with van der Waals surface area (Å²) in [6, 6.07) is 5.68. The number of morpholine rings is 1. The van der Waals surface area contributed by atoms with E-state index >= 15 is 0 Å². The second kappa shape index (κ2) is 7.28. The lowest BCUT2D eigenvalue weighted by atomic mass is 9.93. The van der Waals surface area contributed by atoms with Crippen LogP contribution in [0.25, 0.3) is 5.57 Å². The molecular formula is C20H21F2N3O2. The number of carbonyl (C=O) groups is 1. The number of rotatable bonds is 1. The molecule has 3 aliphatic heterocycles. The van der Waals surface area contributed by atoms with Crippen LogP contribution in [-0.2, 0) is 4.74 Å². The number of halogens is 2. The predicted octanol–water partition coefficient (Wildman–Crippen LogP) is 3.32. The van der Waals surface area contributed by atoms with Crippen molar-refractivity contribution in [2.75, 3.05) is 26.3 Å². The normalized spacial score (nSPS) is 24.7. The van der Waals surface area contributed by atoms with Gasteiger partial charge in [-0.25, -0.2) is 13.6 Å². The van der Waals surface area contributed by atoms with E-state index < -0.39 is 11.6 Å². The van der Waals surface area contributed by atoms with Gasteiger partial charge in [0.05, 0.1) is 36.9 Å². The monoisotopic (exact) mass is 373 g/mol. The fourth-order valence-corrected chi connectivity index (χ4v) is 4.34. The summed E-state index contributed by atoms with van der Waals surface area (Å²) in [7, 11) is 0. The van der Waals surface area contributed by atoms with Gasteiger partial charge in [0, 0.05) is 24.7 Å². The lowest BCUT2D eigenvalue weighted by molar-refractivity contribution is -0.00247. The van der Waals surface area contributed by atoms with Gasteiger partial charge in [0.15, 0.2) is 0 Å². The van der Waals surface area contributed by atoms with E-state index in [2.05, 4.69) is 6.07 Å². The molecule has 2 unspecified atom stereocenters. The highest BCUT2D eigenvalue weighted by molar-refractivity contribution is 5.81. The molecule has 2 atom stereocenters. The van der Waals surface area contributed by atoms with Crippen molar-refractivity contribution in [3.63, 3.8) is 0 Å². The highest BCUT2D eigenvalue weighted by Crippen LogP contribution is 2.32. The fraction of sp³-hybridized carbons (Fsp3) is 0.500. The van der Waals surface area contributed by atoms with Crippen molar-refractivity contribution in [1.29, 1.82) is 5.26 Å². The van der Waals surface area contributed by atoms with E-state index in [9.17, 15) is 18.8 Å². The maximum Gasteiger partial charge on any atom is 0.320 e. The Morgan fingerprint density at radius 1 is 1.15 bits per heavy atom. The van der Waals surface area contributed by atoms with Gasteiger partial charge in [-0.05, 0) is 43.4 Å². The van der Waals surface area contributed by atoms with Gasteiger partial charge >= 0.3 is 6.03 Å². The summed E-state index contributed by atoms with van der Waals surface area (Å²) in [6.45, 7) is 2.20.